The number of nitrogens with two attached hydrogens (primary N) is 1. The lowest BCUT2D eigenvalue weighted by molar-refractivity contribution is -0.124. The number of hydrogen-bond acceptors (Lipinski definition) is 2. The number of hydrogen-bond donors (Lipinski definition) is 2. The summed E-state index contributed by atoms with van der Waals surface area (Å²) in [5.74, 6) is 0.855. The summed E-state index contributed by atoms with van der Waals surface area (Å²) < 4.78 is 0. The van der Waals surface area contributed by atoms with E-state index in [4.69, 9.17) is 5.73 Å². The fourth-order valence-electron chi connectivity index (χ4n) is 2.55. The van der Waals surface area contributed by atoms with Crippen LogP contribution in [0.25, 0.3) is 0 Å². The van der Waals surface area contributed by atoms with Crippen LogP contribution in [0.15, 0.2) is 0 Å². The van der Waals surface area contributed by atoms with Gasteiger partial charge in [0.25, 0.3) is 0 Å². The number of amides is 1. The highest BCUT2D eigenvalue weighted by Crippen LogP contribution is 2.25. The van der Waals surface area contributed by atoms with E-state index >= 15 is 0 Å². The Labute approximate surface area is 106 Å². The molecule has 0 spiro atoms. The minimum Gasteiger partial charge on any atom is -0.352 e. The van der Waals surface area contributed by atoms with E-state index in [2.05, 4.69) is 12.2 Å². The van der Waals surface area contributed by atoms with Crippen LogP contribution in [0.2, 0.25) is 0 Å². The Morgan fingerprint density at radius 1 is 1.12 bits per heavy atom. The monoisotopic (exact) mass is 240 g/mol. The largest absolute Gasteiger partial charge is 0.352 e. The zero-order valence-electron chi connectivity index (χ0n) is 11.5. The summed E-state index contributed by atoms with van der Waals surface area (Å²) in [4.78, 5) is 11.9. The number of rotatable bonds is 4. The summed E-state index contributed by atoms with van der Waals surface area (Å²) in [5, 5.41) is 3.09. The predicted octanol–water partition coefficient (Wildman–Crippen LogP) is 2.44. The van der Waals surface area contributed by atoms with Gasteiger partial charge in [0.2, 0.25) is 5.91 Å². The molecule has 3 heteroatoms. The average molecular weight is 240 g/mol. The summed E-state index contributed by atoms with van der Waals surface area (Å²) in [6.45, 7) is 6.10. The molecule has 1 rings (SSSR count). The van der Waals surface area contributed by atoms with Gasteiger partial charge in [-0.3, -0.25) is 4.79 Å². The minimum atomic E-state index is -0.372. The van der Waals surface area contributed by atoms with Crippen LogP contribution >= 0.6 is 0 Å². The average Bonchev–Trinajstić information content (AvgIpc) is 2.56. The Morgan fingerprint density at radius 3 is 2.12 bits per heavy atom. The quantitative estimate of drug-likeness (QED) is 0.742. The second-order valence-corrected chi connectivity index (χ2v) is 5.82. The molecule has 0 aromatic carbocycles. The lowest BCUT2D eigenvalue weighted by Crippen LogP contribution is -2.48. The first-order chi connectivity index (χ1) is 8.02. The van der Waals surface area contributed by atoms with Crippen molar-refractivity contribution >= 4 is 5.91 Å². The van der Waals surface area contributed by atoms with Crippen LogP contribution in [0.5, 0.6) is 0 Å². The molecule has 1 saturated carbocycles. The third-order valence-corrected chi connectivity index (χ3v) is 4.00. The maximum atomic E-state index is 11.9. The summed E-state index contributed by atoms with van der Waals surface area (Å²) in [5.41, 5.74) is 5.86. The molecule has 0 aromatic heterocycles. The maximum absolute atomic E-state index is 11.9. The molecule has 2 atom stereocenters. The Hall–Kier alpha value is -0.570. The van der Waals surface area contributed by atoms with Crippen molar-refractivity contribution in [3.63, 3.8) is 0 Å². The van der Waals surface area contributed by atoms with Gasteiger partial charge in [0, 0.05) is 6.04 Å². The van der Waals surface area contributed by atoms with E-state index in [1.807, 2.05) is 13.8 Å². The van der Waals surface area contributed by atoms with Crippen LogP contribution in [0.3, 0.4) is 0 Å². The van der Waals surface area contributed by atoms with E-state index in [1.165, 1.54) is 38.5 Å². The van der Waals surface area contributed by atoms with Gasteiger partial charge in [-0.1, -0.05) is 39.5 Å². The van der Waals surface area contributed by atoms with Crippen LogP contribution in [0.1, 0.15) is 59.3 Å². The summed E-state index contributed by atoms with van der Waals surface area (Å²) in [6, 6.07) is -0.103. The second kappa shape index (κ2) is 7.00. The fourth-order valence-corrected chi connectivity index (χ4v) is 2.55. The summed E-state index contributed by atoms with van der Waals surface area (Å²) >= 11 is 0. The van der Waals surface area contributed by atoms with Crippen LogP contribution in [0, 0.1) is 11.8 Å². The molecule has 0 saturated heterocycles. The van der Waals surface area contributed by atoms with Crippen molar-refractivity contribution in [2.24, 2.45) is 17.6 Å². The van der Waals surface area contributed by atoms with Gasteiger partial charge in [0.05, 0.1) is 6.04 Å². The van der Waals surface area contributed by atoms with Gasteiger partial charge in [0.1, 0.15) is 0 Å². The first-order valence-corrected chi connectivity index (χ1v) is 7.08. The molecule has 0 radical (unpaired) electrons. The van der Waals surface area contributed by atoms with Crippen molar-refractivity contribution in [2.45, 2.75) is 71.4 Å². The van der Waals surface area contributed by atoms with E-state index in [9.17, 15) is 4.79 Å². The molecule has 1 fully saturated rings. The molecular weight excluding hydrogens is 212 g/mol. The molecule has 0 aliphatic heterocycles. The number of nitrogens with one attached hydrogen (secondary N) is 1. The number of carbonyl (C=O) groups excluding carboxylic acids is 1. The molecule has 0 aromatic rings. The summed E-state index contributed by atoms with van der Waals surface area (Å²) in [6.07, 6.45) is 7.81. The number of carbonyl (C=O) groups is 1. The van der Waals surface area contributed by atoms with Gasteiger partial charge >= 0.3 is 0 Å². The van der Waals surface area contributed by atoms with Crippen molar-refractivity contribution in [3.05, 3.63) is 0 Å². The molecular formula is C14H28N2O. The smallest absolute Gasteiger partial charge is 0.237 e. The normalized spacial score (nSPS) is 21.9. The topological polar surface area (TPSA) is 55.1 Å². The zero-order valence-corrected chi connectivity index (χ0v) is 11.5. The fraction of sp³-hybridized carbons (Fsp3) is 0.929. The van der Waals surface area contributed by atoms with Gasteiger partial charge in [-0.2, -0.15) is 0 Å². The van der Waals surface area contributed by atoms with Gasteiger partial charge in [-0.05, 0) is 31.6 Å². The van der Waals surface area contributed by atoms with E-state index in [0.717, 1.165) is 0 Å². The zero-order chi connectivity index (χ0) is 12.8. The standard InChI is InChI=1S/C14H28N2O/c1-10(2)13(15)14(17)16-11(3)12-8-6-4-5-7-9-12/h10-13H,4-9,15H2,1-3H3,(H,16,17)/t11-,13+/m1/s1. The Kier molecular flexibility index (Phi) is 5.96. The molecule has 1 amide bonds. The molecule has 100 valence electrons. The molecule has 0 heterocycles. The van der Waals surface area contributed by atoms with Gasteiger partial charge in [0.15, 0.2) is 0 Å². The van der Waals surface area contributed by atoms with Crippen LogP contribution < -0.4 is 11.1 Å². The molecule has 1 aliphatic rings. The highest BCUT2D eigenvalue weighted by molar-refractivity contribution is 5.81. The Morgan fingerprint density at radius 2 is 1.65 bits per heavy atom. The van der Waals surface area contributed by atoms with Crippen molar-refractivity contribution < 1.29 is 4.79 Å². The van der Waals surface area contributed by atoms with Crippen molar-refractivity contribution in [2.75, 3.05) is 0 Å². The van der Waals surface area contributed by atoms with Gasteiger partial charge < -0.3 is 11.1 Å². The Bertz CT molecular complexity index is 232. The van der Waals surface area contributed by atoms with Crippen LogP contribution in [-0.4, -0.2) is 18.0 Å². The first kappa shape index (κ1) is 14.5. The maximum Gasteiger partial charge on any atom is 0.237 e. The molecule has 0 unspecified atom stereocenters. The Balaban J connectivity index is 2.41. The lowest BCUT2D eigenvalue weighted by Gasteiger charge is -2.26. The minimum absolute atomic E-state index is 0.0109. The van der Waals surface area contributed by atoms with Crippen molar-refractivity contribution in [1.29, 1.82) is 0 Å². The SMILES string of the molecule is CC(C)[C@H](N)C(=O)N[C@H](C)C1CCCCCC1. The van der Waals surface area contributed by atoms with E-state index in [0.29, 0.717) is 5.92 Å². The highest BCUT2D eigenvalue weighted by atomic mass is 16.2. The molecule has 1 aliphatic carbocycles. The summed E-state index contributed by atoms with van der Waals surface area (Å²) in [7, 11) is 0. The van der Waals surface area contributed by atoms with Crippen molar-refractivity contribution in [1.82, 2.24) is 5.32 Å². The third kappa shape index (κ3) is 4.66. The lowest BCUT2D eigenvalue weighted by atomic mass is 9.92. The molecule has 17 heavy (non-hydrogen) atoms. The van der Waals surface area contributed by atoms with E-state index in [-0.39, 0.29) is 23.9 Å². The predicted molar refractivity (Wildman–Crippen MR) is 71.6 cm³/mol. The molecule has 3 N–H and O–H groups in total. The van der Waals surface area contributed by atoms with E-state index < -0.39 is 0 Å². The highest BCUT2D eigenvalue weighted by Gasteiger charge is 2.23. The second-order valence-electron chi connectivity index (χ2n) is 5.82. The molecule has 3 nitrogen and oxygen atoms in total. The van der Waals surface area contributed by atoms with Crippen LogP contribution in [-0.2, 0) is 4.79 Å². The van der Waals surface area contributed by atoms with Crippen LogP contribution in [0.4, 0.5) is 0 Å². The molecule has 0 bridgehead atoms. The van der Waals surface area contributed by atoms with Gasteiger partial charge in [-0.15, -0.1) is 0 Å². The first-order valence-electron chi connectivity index (χ1n) is 7.08. The van der Waals surface area contributed by atoms with E-state index in [1.54, 1.807) is 0 Å². The van der Waals surface area contributed by atoms with Gasteiger partial charge in [-0.25, -0.2) is 0 Å². The van der Waals surface area contributed by atoms with Crippen molar-refractivity contribution in [3.8, 4) is 0 Å². The third-order valence-electron chi connectivity index (χ3n) is 4.00.